The van der Waals surface area contributed by atoms with E-state index in [0.29, 0.717) is 0 Å². The average molecular weight is 193 g/mol. The molecule has 0 saturated heterocycles. The normalized spacial score (nSPS) is 7.33. The fourth-order valence-electron chi connectivity index (χ4n) is 0.246. The molecule has 0 aliphatic rings. The van der Waals surface area contributed by atoms with E-state index in [-0.39, 0.29) is 6.47 Å². The summed E-state index contributed by atoms with van der Waals surface area (Å²) in [6, 6.07) is 3.85. The average Bonchev–Trinajstić information content (AvgIpc) is 2.20. The van der Waals surface area contributed by atoms with Crippen LogP contribution in [0.15, 0.2) is 17.5 Å². The summed E-state index contributed by atoms with van der Waals surface area (Å²) in [7, 11) is 0. The van der Waals surface area contributed by atoms with Gasteiger partial charge in [0.2, 0.25) is 0 Å². The molecule has 1 heterocycles. The van der Waals surface area contributed by atoms with Gasteiger partial charge in [0.1, 0.15) is 0 Å². The molecule has 2 nitrogen and oxygen atoms in total. The number of hydrogen-bond donors (Lipinski definition) is 1. The fourth-order valence-corrected chi connectivity index (χ4v) is 0.963. The van der Waals surface area contributed by atoms with E-state index < -0.39 is 0 Å². The van der Waals surface area contributed by atoms with Crippen molar-refractivity contribution in [2.45, 2.75) is 0 Å². The SMILES string of the molecule is O=CO.[Cu][c]1cccs1. The first-order valence-electron chi connectivity index (χ1n) is 2.04. The molecule has 0 saturated carbocycles. The van der Waals surface area contributed by atoms with E-state index in [2.05, 4.69) is 0 Å². The van der Waals surface area contributed by atoms with E-state index in [1.54, 1.807) is 11.3 Å². The zero-order valence-corrected chi connectivity index (χ0v) is 6.13. The quantitative estimate of drug-likeness (QED) is 0.484. The van der Waals surface area contributed by atoms with E-state index in [4.69, 9.17) is 25.9 Å². The van der Waals surface area contributed by atoms with Gasteiger partial charge in [-0.3, -0.25) is 4.79 Å². The van der Waals surface area contributed by atoms with Crippen LogP contribution in [0.2, 0.25) is 0 Å². The van der Waals surface area contributed by atoms with E-state index in [9.17, 15) is 0 Å². The Labute approximate surface area is 65.3 Å². The Bertz CT molecular complexity index is 150. The Hall–Kier alpha value is -0.311. The second-order valence-corrected chi connectivity index (χ2v) is 2.70. The molecule has 0 unspecified atom stereocenters. The first kappa shape index (κ1) is 8.69. The summed E-state index contributed by atoms with van der Waals surface area (Å²) in [4.78, 5) is 8.36. The van der Waals surface area contributed by atoms with Crippen LogP contribution in [0, 0.1) is 0 Å². The van der Waals surface area contributed by atoms with Gasteiger partial charge in [-0.25, -0.2) is 0 Å². The van der Waals surface area contributed by atoms with E-state index in [1.807, 2.05) is 17.5 Å². The van der Waals surface area contributed by atoms with Gasteiger partial charge in [-0.15, -0.1) is 0 Å². The van der Waals surface area contributed by atoms with Crippen LogP contribution in [0.4, 0.5) is 0 Å². The Morgan fingerprint density at radius 2 is 2.33 bits per heavy atom. The summed E-state index contributed by atoms with van der Waals surface area (Å²) in [5.41, 5.74) is 0. The van der Waals surface area contributed by atoms with Crippen molar-refractivity contribution in [3.05, 3.63) is 17.5 Å². The molecule has 54 valence electrons. The first-order chi connectivity index (χ1) is 4.31. The maximum atomic E-state index is 8.36. The molecule has 4 heteroatoms. The Morgan fingerprint density at radius 3 is 2.44 bits per heavy atom. The molecule has 0 fully saturated rings. The third-order valence-corrected chi connectivity index (χ3v) is 1.59. The van der Waals surface area contributed by atoms with Crippen LogP contribution in [0.3, 0.4) is 0 Å². The van der Waals surface area contributed by atoms with Gasteiger partial charge >= 0.3 is 48.6 Å². The van der Waals surface area contributed by atoms with Crippen molar-refractivity contribution in [1.29, 1.82) is 0 Å². The molecule has 1 N–H and O–H groups in total. The summed E-state index contributed by atoms with van der Waals surface area (Å²) in [5, 5.41) is 8.86. The topological polar surface area (TPSA) is 37.3 Å². The molecule has 0 atom stereocenters. The molecule has 0 spiro atoms. The van der Waals surface area contributed by atoms with Crippen molar-refractivity contribution in [3.8, 4) is 0 Å². The minimum absolute atomic E-state index is 0.250. The third-order valence-electron chi connectivity index (χ3n) is 0.465. The first-order valence-corrected chi connectivity index (χ1v) is 3.39. The molecule has 0 aliphatic carbocycles. The van der Waals surface area contributed by atoms with Crippen molar-refractivity contribution >= 4 is 21.6 Å². The van der Waals surface area contributed by atoms with Crippen LogP contribution in [0.1, 0.15) is 0 Å². The van der Waals surface area contributed by atoms with Crippen LogP contribution in [0.25, 0.3) is 0 Å². The Balaban J connectivity index is 0.000000187. The van der Waals surface area contributed by atoms with E-state index in [1.165, 1.54) is 0 Å². The number of hydrogen-bond acceptors (Lipinski definition) is 2. The molecular weight excluding hydrogens is 188 g/mol. The molecule has 0 radical (unpaired) electrons. The van der Waals surface area contributed by atoms with Crippen LogP contribution in [0.5, 0.6) is 0 Å². The van der Waals surface area contributed by atoms with Gasteiger partial charge in [-0.2, -0.15) is 0 Å². The molecule has 0 aromatic carbocycles. The number of thiophene rings is 1. The number of carbonyl (C=O) groups is 1. The van der Waals surface area contributed by atoms with Gasteiger partial charge in [0.15, 0.2) is 0 Å². The number of rotatable bonds is 0. The summed E-state index contributed by atoms with van der Waals surface area (Å²) in [6.45, 7) is -0.250. The molecule has 1 aromatic rings. The molecule has 1 aromatic heterocycles. The van der Waals surface area contributed by atoms with Gasteiger partial charge in [-0.05, 0) is 0 Å². The van der Waals surface area contributed by atoms with Gasteiger partial charge in [0.25, 0.3) is 6.47 Å². The van der Waals surface area contributed by atoms with Crippen LogP contribution in [-0.2, 0) is 20.8 Å². The predicted molar refractivity (Wildman–Crippen MR) is 32.6 cm³/mol. The van der Waals surface area contributed by atoms with Gasteiger partial charge in [0.05, 0.1) is 0 Å². The fraction of sp³-hybridized carbons (Fsp3) is 0. The van der Waals surface area contributed by atoms with Gasteiger partial charge in [-0.1, -0.05) is 0 Å². The van der Waals surface area contributed by atoms with Crippen molar-refractivity contribution in [1.82, 2.24) is 0 Å². The van der Waals surface area contributed by atoms with Crippen molar-refractivity contribution in [2.75, 3.05) is 0 Å². The molecule has 9 heavy (non-hydrogen) atoms. The molecular formula is C5H5CuO2S. The summed E-state index contributed by atoms with van der Waals surface area (Å²) >= 11 is 6.48. The summed E-state index contributed by atoms with van der Waals surface area (Å²) in [6.07, 6.45) is 0. The van der Waals surface area contributed by atoms with Crippen molar-refractivity contribution < 1.29 is 25.9 Å². The number of carboxylic acid groups (broad SMARTS) is 1. The van der Waals surface area contributed by atoms with Crippen molar-refractivity contribution in [3.63, 3.8) is 0 Å². The zero-order valence-electron chi connectivity index (χ0n) is 4.37. The van der Waals surface area contributed by atoms with Gasteiger partial charge in [0, 0.05) is 0 Å². The second kappa shape index (κ2) is 5.82. The standard InChI is InChI=1S/C4H3S.CH2O2.Cu/c1-2-4-5-3-1;2-1-3;/h1-3H;1H,(H,2,3);. The van der Waals surface area contributed by atoms with E-state index in [0.717, 1.165) is 3.78 Å². The predicted octanol–water partition coefficient (Wildman–Crippen LogP) is 0.621. The van der Waals surface area contributed by atoms with Crippen LogP contribution in [-0.4, -0.2) is 11.6 Å². The maximum absolute atomic E-state index is 8.36. The monoisotopic (exact) mass is 192 g/mol. The summed E-state index contributed by atoms with van der Waals surface area (Å²) < 4.78 is 0.947. The Kier molecular flexibility index (Phi) is 5.62. The third kappa shape index (κ3) is 5.56. The zero-order chi connectivity index (χ0) is 7.11. The van der Waals surface area contributed by atoms with Gasteiger partial charge < -0.3 is 5.11 Å². The van der Waals surface area contributed by atoms with Crippen LogP contribution < -0.4 is 3.78 Å². The van der Waals surface area contributed by atoms with E-state index >= 15 is 0 Å². The second-order valence-electron chi connectivity index (χ2n) is 0.985. The van der Waals surface area contributed by atoms with Crippen LogP contribution >= 0.6 is 11.3 Å². The minimum atomic E-state index is -0.250. The molecule has 0 bridgehead atoms. The molecule has 0 aliphatic heterocycles. The summed E-state index contributed by atoms with van der Waals surface area (Å²) in [5.74, 6) is 0. The van der Waals surface area contributed by atoms with Crippen molar-refractivity contribution in [2.24, 2.45) is 0 Å². The molecule has 0 amide bonds. The Morgan fingerprint density at radius 1 is 1.78 bits per heavy atom. The molecule has 1 rings (SSSR count).